The number of anilines is 2. The first-order valence-electron chi connectivity index (χ1n) is 10.6. The summed E-state index contributed by atoms with van der Waals surface area (Å²) < 4.78 is 15.0. The number of hydrogen-bond acceptors (Lipinski definition) is 8. The van der Waals surface area contributed by atoms with Gasteiger partial charge in [-0.25, -0.2) is 9.97 Å². The maximum atomic E-state index is 15.0. The molecule has 0 bridgehead atoms. The van der Waals surface area contributed by atoms with Crippen LogP contribution >= 0.6 is 11.3 Å². The molecule has 0 aliphatic carbocycles. The van der Waals surface area contributed by atoms with Crippen molar-refractivity contribution in [2.75, 3.05) is 36.0 Å². The van der Waals surface area contributed by atoms with Crippen LogP contribution in [0, 0.1) is 16.8 Å². The zero-order chi connectivity index (χ0) is 22.1. The largest absolute Gasteiger partial charge is 0.357 e. The Bertz CT molecular complexity index is 1150. The lowest BCUT2D eigenvalue weighted by molar-refractivity contribution is 0.0984. The summed E-state index contributed by atoms with van der Waals surface area (Å²) in [5.41, 5.74) is 1.74. The van der Waals surface area contributed by atoms with Crippen molar-refractivity contribution >= 4 is 28.7 Å². The van der Waals surface area contributed by atoms with Crippen molar-refractivity contribution in [1.29, 1.82) is 0 Å². The highest BCUT2D eigenvalue weighted by Crippen LogP contribution is 2.35. The summed E-state index contributed by atoms with van der Waals surface area (Å²) in [7, 11) is 0. The Morgan fingerprint density at radius 2 is 2.00 bits per heavy atom. The molecule has 8 nitrogen and oxygen atoms in total. The Balaban J connectivity index is 1.36. The number of carbonyl (C=O) groups is 1. The Morgan fingerprint density at radius 1 is 1.16 bits per heavy atom. The van der Waals surface area contributed by atoms with Crippen molar-refractivity contribution in [2.24, 2.45) is 11.1 Å². The molecule has 0 spiro atoms. The fraction of sp³-hybridized carbons (Fsp3) is 0.364. The third-order valence-electron chi connectivity index (χ3n) is 6.00. The second-order valence-corrected chi connectivity index (χ2v) is 8.96. The molecule has 5 heterocycles. The van der Waals surface area contributed by atoms with Crippen LogP contribution in [0.15, 0.2) is 41.8 Å². The lowest BCUT2D eigenvalue weighted by Gasteiger charge is -2.31. The predicted molar refractivity (Wildman–Crippen MR) is 121 cm³/mol. The summed E-state index contributed by atoms with van der Waals surface area (Å²) in [4.78, 5) is 40.5. The van der Waals surface area contributed by atoms with E-state index in [0.29, 0.717) is 52.4 Å². The Kier molecular flexibility index (Phi) is 5.60. The zero-order valence-electron chi connectivity index (χ0n) is 17.3. The molecular weight excluding hydrogens is 431 g/mol. The molecule has 3 aromatic rings. The third-order valence-corrected chi connectivity index (χ3v) is 7.12. The minimum absolute atomic E-state index is 0.138. The van der Waals surface area contributed by atoms with E-state index in [-0.39, 0.29) is 5.91 Å². The molecule has 0 atom stereocenters. The van der Waals surface area contributed by atoms with Crippen LogP contribution in [-0.4, -0.2) is 47.0 Å². The Morgan fingerprint density at radius 3 is 2.72 bits per heavy atom. The van der Waals surface area contributed by atoms with Crippen LogP contribution in [0.2, 0.25) is 0 Å². The molecule has 3 aromatic heterocycles. The van der Waals surface area contributed by atoms with Gasteiger partial charge in [0.15, 0.2) is 0 Å². The van der Waals surface area contributed by atoms with Crippen molar-refractivity contribution in [3.8, 4) is 10.6 Å². The Hall–Kier alpha value is -3.27. The average Bonchev–Trinajstić information content (AvgIpc) is 3.25. The number of hydrogen-bond donors (Lipinski definition) is 0. The van der Waals surface area contributed by atoms with Gasteiger partial charge < -0.3 is 9.80 Å². The number of aromatic nitrogens is 3. The fourth-order valence-electron chi connectivity index (χ4n) is 4.22. The van der Waals surface area contributed by atoms with E-state index in [2.05, 4.69) is 20.1 Å². The molecule has 0 N–H and O–H groups in total. The van der Waals surface area contributed by atoms with Gasteiger partial charge in [0.1, 0.15) is 15.7 Å². The van der Waals surface area contributed by atoms with E-state index >= 15 is 0 Å². The topological polar surface area (TPSA) is 91.7 Å². The van der Waals surface area contributed by atoms with Crippen LogP contribution < -0.4 is 9.80 Å². The number of nitrogens with zero attached hydrogens (tertiary/aromatic N) is 6. The highest BCUT2D eigenvalue weighted by atomic mass is 32.1. The molecule has 1 amide bonds. The van der Waals surface area contributed by atoms with Crippen LogP contribution in [0.3, 0.4) is 0 Å². The molecule has 0 aromatic carbocycles. The number of amides is 1. The number of nitroso groups, excluding NO2 is 1. The van der Waals surface area contributed by atoms with Crippen molar-refractivity contribution < 1.29 is 9.18 Å². The number of piperidine rings is 1. The summed E-state index contributed by atoms with van der Waals surface area (Å²) in [6.45, 7) is 2.28. The van der Waals surface area contributed by atoms with Gasteiger partial charge in [0.05, 0.1) is 29.7 Å². The fourth-order valence-corrected chi connectivity index (χ4v) is 5.29. The molecule has 0 radical (unpaired) electrons. The highest BCUT2D eigenvalue weighted by molar-refractivity contribution is 7.17. The molecule has 32 heavy (non-hydrogen) atoms. The van der Waals surface area contributed by atoms with E-state index in [1.54, 1.807) is 35.5 Å². The monoisotopic (exact) mass is 452 g/mol. The van der Waals surface area contributed by atoms with Crippen LogP contribution in [0.4, 0.5) is 15.9 Å². The molecule has 10 heteroatoms. The summed E-state index contributed by atoms with van der Waals surface area (Å²) in [6.07, 6.45) is 5.60. The lowest BCUT2D eigenvalue weighted by atomic mass is 9.97. The van der Waals surface area contributed by atoms with Gasteiger partial charge in [-0.15, -0.1) is 11.3 Å². The summed E-state index contributed by atoms with van der Waals surface area (Å²) in [5, 5.41) is 3.45. The van der Waals surface area contributed by atoms with E-state index in [1.165, 1.54) is 11.3 Å². The molecule has 2 aliphatic heterocycles. The standard InChI is InChI=1S/C22H21FN6O2S/c23-20-16(3-4-18(27-20)28-9-5-14(6-10-28)12-25-31)21-26-17-7-11-29(22(30)19(17)32-21)15-2-1-8-24-13-15/h1-4,8,13-14H,5-7,9-12H2. The van der Waals surface area contributed by atoms with Crippen molar-refractivity contribution in [1.82, 2.24) is 15.0 Å². The first-order chi connectivity index (χ1) is 15.6. The van der Waals surface area contributed by atoms with E-state index in [4.69, 9.17) is 0 Å². The van der Waals surface area contributed by atoms with E-state index < -0.39 is 5.95 Å². The number of thiazole rings is 1. The molecule has 1 saturated heterocycles. The molecule has 5 rings (SSSR count). The Labute approximate surface area is 188 Å². The average molecular weight is 453 g/mol. The van der Waals surface area contributed by atoms with Gasteiger partial charge >= 0.3 is 0 Å². The van der Waals surface area contributed by atoms with Gasteiger partial charge in [-0.05, 0) is 43.0 Å². The zero-order valence-corrected chi connectivity index (χ0v) is 18.1. The molecular formula is C22H21FN6O2S. The van der Waals surface area contributed by atoms with Crippen LogP contribution in [0.1, 0.15) is 28.2 Å². The van der Waals surface area contributed by atoms with E-state index in [0.717, 1.165) is 31.6 Å². The number of carbonyl (C=O) groups excluding carboxylic acids is 1. The van der Waals surface area contributed by atoms with Crippen molar-refractivity contribution in [3.05, 3.63) is 58.1 Å². The smallest absolute Gasteiger partial charge is 0.270 e. The highest BCUT2D eigenvalue weighted by Gasteiger charge is 2.30. The maximum absolute atomic E-state index is 15.0. The second-order valence-electron chi connectivity index (χ2n) is 7.96. The number of rotatable bonds is 5. The first kappa shape index (κ1) is 20.6. The minimum atomic E-state index is -0.596. The van der Waals surface area contributed by atoms with Crippen molar-refractivity contribution in [2.45, 2.75) is 19.3 Å². The van der Waals surface area contributed by atoms with Crippen LogP contribution in [-0.2, 0) is 6.42 Å². The summed E-state index contributed by atoms with van der Waals surface area (Å²) in [5.74, 6) is 0.129. The first-order valence-corrected chi connectivity index (χ1v) is 11.4. The molecule has 1 fully saturated rings. The van der Waals surface area contributed by atoms with E-state index in [9.17, 15) is 14.1 Å². The summed E-state index contributed by atoms with van der Waals surface area (Å²) in [6, 6.07) is 7.12. The van der Waals surface area contributed by atoms with Gasteiger partial charge in [0, 0.05) is 32.3 Å². The van der Waals surface area contributed by atoms with Crippen molar-refractivity contribution in [3.63, 3.8) is 0 Å². The number of fused-ring (bicyclic) bond motifs is 1. The van der Waals surface area contributed by atoms with Gasteiger partial charge in [-0.3, -0.25) is 9.78 Å². The molecule has 0 saturated carbocycles. The number of halogens is 1. The minimum Gasteiger partial charge on any atom is -0.357 e. The molecule has 2 aliphatic rings. The third kappa shape index (κ3) is 3.86. The normalized spacial score (nSPS) is 16.8. The van der Waals surface area contributed by atoms with Gasteiger partial charge in [0.25, 0.3) is 5.91 Å². The number of pyridine rings is 2. The molecule has 0 unspecified atom stereocenters. The van der Waals surface area contributed by atoms with Crippen LogP contribution in [0.25, 0.3) is 10.6 Å². The second kappa shape index (κ2) is 8.70. The van der Waals surface area contributed by atoms with E-state index in [1.807, 2.05) is 11.0 Å². The molecule has 164 valence electrons. The maximum Gasteiger partial charge on any atom is 0.270 e. The predicted octanol–water partition coefficient (Wildman–Crippen LogP) is 3.92. The van der Waals surface area contributed by atoms with Gasteiger partial charge in [0.2, 0.25) is 5.95 Å². The SMILES string of the molecule is O=NCC1CCN(c2ccc(-c3nc4c(s3)C(=O)N(c3cccnc3)CC4)c(F)n2)CC1. The van der Waals surface area contributed by atoms with Gasteiger partial charge in [-0.2, -0.15) is 9.30 Å². The van der Waals surface area contributed by atoms with Gasteiger partial charge in [-0.1, -0.05) is 5.18 Å². The quantitative estimate of drug-likeness (QED) is 0.430. The summed E-state index contributed by atoms with van der Waals surface area (Å²) >= 11 is 1.20. The lowest BCUT2D eigenvalue weighted by Crippen LogP contribution is -2.36. The van der Waals surface area contributed by atoms with Crippen LogP contribution in [0.5, 0.6) is 0 Å².